The molecule has 0 bridgehead atoms. The molecule has 0 aromatic rings. The zero-order valence-electron chi connectivity index (χ0n) is 48.7. The molecule has 0 rings (SSSR count). The summed E-state index contributed by atoms with van der Waals surface area (Å²) < 4.78 is 39.6. The van der Waals surface area contributed by atoms with Gasteiger partial charge in [0, 0.05) is 19.3 Å². The lowest BCUT2D eigenvalue weighted by Gasteiger charge is -2.21. The van der Waals surface area contributed by atoms with Gasteiger partial charge in [0.15, 0.2) is 6.10 Å². The van der Waals surface area contributed by atoms with Crippen LogP contribution in [0.3, 0.4) is 0 Å². The van der Waals surface area contributed by atoms with Crippen LogP contribution in [0.15, 0.2) is 72.9 Å². The van der Waals surface area contributed by atoms with E-state index in [1.807, 2.05) is 0 Å². The number of aliphatic hydroxyl groups excluding tert-OH is 1. The molecule has 0 amide bonds. The molecule has 0 spiro atoms. The fourth-order valence-electron chi connectivity index (χ4n) is 8.44. The summed E-state index contributed by atoms with van der Waals surface area (Å²) in [5.74, 6) is -1.48. The van der Waals surface area contributed by atoms with Gasteiger partial charge in [-0.05, 0) is 89.9 Å². The number of ether oxygens (including phenoxy) is 3. The molecule has 0 heterocycles. The number of carbonyl (C=O) groups is 3. The van der Waals surface area contributed by atoms with Crippen molar-refractivity contribution in [1.29, 1.82) is 0 Å². The van der Waals surface area contributed by atoms with E-state index in [-0.39, 0.29) is 25.9 Å². The van der Waals surface area contributed by atoms with Gasteiger partial charge in [0.25, 0.3) is 0 Å². The minimum absolute atomic E-state index is 0.149. The molecule has 0 radical (unpaired) electrons. The first-order valence-electron chi connectivity index (χ1n) is 30.8. The summed E-state index contributed by atoms with van der Waals surface area (Å²) in [4.78, 5) is 48.7. The van der Waals surface area contributed by atoms with Crippen molar-refractivity contribution in [3.8, 4) is 0 Å². The van der Waals surface area contributed by atoms with Crippen molar-refractivity contribution in [3.05, 3.63) is 72.9 Å². The van der Waals surface area contributed by atoms with Gasteiger partial charge in [-0.25, -0.2) is 4.57 Å². The van der Waals surface area contributed by atoms with Crippen molar-refractivity contribution in [2.75, 3.05) is 26.4 Å². The van der Waals surface area contributed by atoms with Crippen LogP contribution >= 0.6 is 7.82 Å². The Hall–Kier alpha value is -3.08. The van der Waals surface area contributed by atoms with E-state index in [4.69, 9.17) is 23.3 Å². The van der Waals surface area contributed by atoms with E-state index in [2.05, 4.69) is 93.7 Å². The molecule has 0 aliphatic carbocycles. The van der Waals surface area contributed by atoms with Gasteiger partial charge in [-0.15, -0.1) is 0 Å². The third kappa shape index (κ3) is 55.7. The molecule has 3 atom stereocenters. The maximum Gasteiger partial charge on any atom is 0.472 e. The monoisotopic (exact) mass is 1090 g/mol. The summed E-state index contributed by atoms with van der Waals surface area (Å²) in [5.41, 5.74) is 0. The molecule has 3 unspecified atom stereocenters. The summed E-state index contributed by atoms with van der Waals surface area (Å²) in [7, 11) is -4.76. The van der Waals surface area contributed by atoms with Gasteiger partial charge in [0.05, 0.1) is 19.8 Å². The van der Waals surface area contributed by atoms with E-state index in [1.165, 1.54) is 103 Å². The van der Waals surface area contributed by atoms with Crippen molar-refractivity contribution < 1.29 is 52.2 Å². The third-order valence-corrected chi connectivity index (χ3v) is 14.1. The van der Waals surface area contributed by atoms with E-state index in [0.29, 0.717) is 19.3 Å². The number of aliphatic hydroxyl groups is 1. The molecule has 0 aliphatic rings. The predicted molar refractivity (Wildman–Crippen MR) is 316 cm³/mol. The summed E-state index contributed by atoms with van der Waals surface area (Å²) >= 11 is 0. The van der Waals surface area contributed by atoms with Crippen molar-refractivity contribution in [1.82, 2.24) is 0 Å². The Morgan fingerprint density at radius 3 is 1.08 bits per heavy atom. The van der Waals surface area contributed by atoms with Crippen LogP contribution in [0, 0.1) is 0 Å². The smallest absolute Gasteiger partial charge is 0.462 e. The number of phosphoric ester groups is 1. The molecule has 76 heavy (non-hydrogen) atoms. The van der Waals surface area contributed by atoms with Crippen LogP contribution < -0.4 is 0 Å². The highest BCUT2D eigenvalue weighted by atomic mass is 31.2. The van der Waals surface area contributed by atoms with Gasteiger partial charge >= 0.3 is 25.7 Å². The second-order valence-electron chi connectivity index (χ2n) is 20.5. The molecule has 11 nitrogen and oxygen atoms in total. The van der Waals surface area contributed by atoms with E-state index in [1.54, 1.807) is 0 Å². The van der Waals surface area contributed by atoms with Crippen molar-refractivity contribution in [2.45, 2.75) is 290 Å². The Morgan fingerprint density at radius 1 is 0.382 bits per heavy atom. The highest BCUT2D eigenvalue weighted by molar-refractivity contribution is 7.47. The summed E-state index contributed by atoms with van der Waals surface area (Å²) in [6.45, 7) is 4.51. The standard InChI is InChI=1S/C64H113O11P/c1-4-7-10-13-16-19-22-25-27-29-30-32-34-37-40-43-46-49-52-55-64(68)75-61(57-71-62(66)53-50-47-44-41-38-36-33-31-28-26-23-20-17-14-11-8-5-2)59-73-76(69,70)72-58-60(56-65)74-63(67)54-51-48-45-42-39-35-24-21-18-15-12-9-6-3/h7,10,16-17,19-20,25-28,30,32,60-61,65H,4-6,8-9,11-15,18,21-24,29,31,33-59H2,1-3H3,(H,69,70)/b10-7-,19-16-,20-17-,27-25-,28-26-,32-30-. The lowest BCUT2D eigenvalue weighted by Crippen LogP contribution is -2.30. The lowest BCUT2D eigenvalue weighted by atomic mass is 10.0. The van der Waals surface area contributed by atoms with Crippen LogP contribution in [0.5, 0.6) is 0 Å². The van der Waals surface area contributed by atoms with Gasteiger partial charge in [0.2, 0.25) is 0 Å². The van der Waals surface area contributed by atoms with Gasteiger partial charge in [-0.1, -0.05) is 241 Å². The van der Waals surface area contributed by atoms with E-state index in [0.717, 1.165) is 116 Å². The molecule has 0 aromatic carbocycles. The molecule has 0 fully saturated rings. The maximum atomic E-state index is 12.9. The third-order valence-electron chi connectivity index (χ3n) is 13.1. The number of phosphoric acid groups is 1. The predicted octanol–water partition coefficient (Wildman–Crippen LogP) is 18.5. The zero-order valence-corrected chi connectivity index (χ0v) is 49.6. The fourth-order valence-corrected chi connectivity index (χ4v) is 9.22. The summed E-state index contributed by atoms with van der Waals surface area (Å²) in [6, 6.07) is 0. The average Bonchev–Trinajstić information content (AvgIpc) is 3.41. The number of allylic oxidation sites excluding steroid dienone is 12. The Bertz CT molecular complexity index is 1550. The van der Waals surface area contributed by atoms with Gasteiger partial charge < -0.3 is 24.2 Å². The van der Waals surface area contributed by atoms with Crippen molar-refractivity contribution >= 4 is 25.7 Å². The van der Waals surface area contributed by atoms with Gasteiger partial charge in [0.1, 0.15) is 12.7 Å². The van der Waals surface area contributed by atoms with Crippen LogP contribution in [-0.4, -0.2) is 66.5 Å². The van der Waals surface area contributed by atoms with Crippen LogP contribution in [0.1, 0.15) is 278 Å². The second-order valence-corrected chi connectivity index (χ2v) is 21.9. The van der Waals surface area contributed by atoms with Crippen LogP contribution in [-0.2, 0) is 42.2 Å². The number of unbranched alkanes of at least 4 members (excludes halogenated alkanes) is 28. The highest BCUT2D eigenvalue weighted by Crippen LogP contribution is 2.43. The van der Waals surface area contributed by atoms with E-state index >= 15 is 0 Å². The molecule has 0 saturated heterocycles. The largest absolute Gasteiger partial charge is 0.472 e. The molecule has 0 aromatic heterocycles. The Labute approximate surface area is 465 Å². The highest BCUT2D eigenvalue weighted by Gasteiger charge is 2.28. The molecule has 0 aliphatic heterocycles. The molecule has 0 saturated carbocycles. The average molecular weight is 1090 g/mol. The number of carbonyl (C=O) groups excluding carboxylic acids is 3. The number of esters is 3. The van der Waals surface area contributed by atoms with Crippen LogP contribution in [0.25, 0.3) is 0 Å². The molecule has 440 valence electrons. The Balaban J connectivity index is 4.75. The number of hydrogen-bond acceptors (Lipinski definition) is 10. The van der Waals surface area contributed by atoms with Crippen molar-refractivity contribution in [2.24, 2.45) is 0 Å². The van der Waals surface area contributed by atoms with E-state index in [9.17, 15) is 28.9 Å². The fraction of sp³-hybridized carbons (Fsp3) is 0.766. The van der Waals surface area contributed by atoms with Gasteiger partial charge in [-0.2, -0.15) is 0 Å². The maximum absolute atomic E-state index is 12.9. The number of rotatable bonds is 57. The minimum Gasteiger partial charge on any atom is -0.462 e. The minimum atomic E-state index is -4.76. The summed E-state index contributed by atoms with van der Waals surface area (Å²) in [6.07, 6.45) is 65.6. The van der Waals surface area contributed by atoms with E-state index < -0.39 is 57.8 Å². The molecule has 2 N–H and O–H groups in total. The van der Waals surface area contributed by atoms with Gasteiger partial charge in [-0.3, -0.25) is 23.4 Å². The lowest BCUT2D eigenvalue weighted by molar-refractivity contribution is -0.161. The van der Waals surface area contributed by atoms with Crippen LogP contribution in [0.2, 0.25) is 0 Å². The molecular formula is C64H113O11P. The Kier molecular flexibility index (Phi) is 55.7. The topological polar surface area (TPSA) is 155 Å². The molecular weight excluding hydrogens is 976 g/mol. The Morgan fingerprint density at radius 2 is 0.684 bits per heavy atom. The quantitative estimate of drug-likeness (QED) is 0.0197. The normalized spacial score (nSPS) is 13.8. The first-order chi connectivity index (χ1) is 37.2. The second kappa shape index (κ2) is 58.1. The van der Waals surface area contributed by atoms with Crippen molar-refractivity contribution in [3.63, 3.8) is 0 Å². The zero-order chi connectivity index (χ0) is 55.5. The summed E-state index contributed by atoms with van der Waals surface area (Å²) in [5, 5.41) is 9.83. The first kappa shape index (κ1) is 72.9. The van der Waals surface area contributed by atoms with Crippen LogP contribution in [0.4, 0.5) is 0 Å². The molecule has 12 heteroatoms. The SMILES string of the molecule is CC/C=C\C/C=C\C/C=C\C/C=C\CCCCCCCCC(=O)OC(COC(=O)CCCCCCCCC/C=C\C/C=C\CCCCC)COP(=O)(O)OCC(CO)OC(=O)CCCCCCCCCCCCCCC. The first-order valence-corrected chi connectivity index (χ1v) is 32.3. The number of hydrogen-bond donors (Lipinski definition) is 2.